The maximum absolute atomic E-state index is 13.0. The molecule has 0 radical (unpaired) electrons. The van der Waals surface area contributed by atoms with Gasteiger partial charge in [-0.1, -0.05) is 32.0 Å². The maximum atomic E-state index is 13.0. The number of aryl methyl sites for hydroxylation is 2. The zero-order chi connectivity index (χ0) is 21.1. The van der Waals surface area contributed by atoms with E-state index in [1.165, 1.54) is 11.8 Å². The molecule has 152 valence electrons. The largest absolute Gasteiger partial charge is 0.348 e. The van der Waals surface area contributed by atoms with Crippen molar-refractivity contribution in [3.63, 3.8) is 0 Å². The molecule has 6 nitrogen and oxygen atoms in total. The molecule has 0 bridgehead atoms. The molecule has 29 heavy (non-hydrogen) atoms. The van der Waals surface area contributed by atoms with E-state index in [0.29, 0.717) is 22.8 Å². The Bertz CT molecular complexity index is 1030. The van der Waals surface area contributed by atoms with Crippen molar-refractivity contribution < 1.29 is 4.79 Å². The fourth-order valence-corrected chi connectivity index (χ4v) is 3.87. The second-order valence-electron chi connectivity index (χ2n) is 7.29. The van der Waals surface area contributed by atoms with Gasteiger partial charge in [0.05, 0.1) is 22.6 Å². The minimum Gasteiger partial charge on any atom is -0.348 e. The number of rotatable bonds is 6. The van der Waals surface area contributed by atoms with Crippen molar-refractivity contribution in [2.75, 3.05) is 6.26 Å². The smallest absolute Gasteiger partial charge is 0.256 e. The van der Waals surface area contributed by atoms with Gasteiger partial charge >= 0.3 is 0 Å². The van der Waals surface area contributed by atoms with E-state index in [1.807, 2.05) is 62.0 Å². The second-order valence-corrected chi connectivity index (χ2v) is 8.08. The molecular weight excluding hydrogens is 382 g/mol. The van der Waals surface area contributed by atoms with Gasteiger partial charge in [-0.3, -0.25) is 4.79 Å². The van der Waals surface area contributed by atoms with Crippen LogP contribution in [0.15, 0.2) is 35.4 Å². The third kappa shape index (κ3) is 4.34. The lowest BCUT2D eigenvalue weighted by Crippen LogP contribution is -2.26. The quantitative estimate of drug-likeness (QED) is 0.484. The molecule has 0 spiro atoms. The summed E-state index contributed by atoms with van der Waals surface area (Å²) in [6.07, 6.45) is 1.93. The second kappa shape index (κ2) is 8.78. The summed E-state index contributed by atoms with van der Waals surface area (Å²) in [5.41, 5.74) is 5.20. The first-order valence-corrected chi connectivity index (χ1v) is 10.9. The molecule has 0 saturated heterocycles. The SMILES string of the molecule is CSc1nc(C(C)C)nc(C)c1C(=O)NCc1c(C)nn(-c2ccccc2)c1C. The van der Waals surface area contributed by atoms with Crippen LogP contribution in [0.5, 0.6) is 0 Å². The highest BCUT2D eigenvalue weighted by molar-refractivity contribution is 7.98. The number of aromatic nitrogens is 4. The molecule has 2 heterocycles. The van der Waals surface area contributed by atoms with Crippen LogP contribution >= 0.6 is 11.8 Å². The molecule has 7 heteroatoms. The molecule has 1 aromatic carbocycles. The van der Waals surface area contributed by atoms with Crippen molar-refractivity contribution in [3.8, 4) is 5.69 Å². The number of para-hydroxylation sites is 1. The molecule has 0 atom stereocenters. The van der Waals surface area contributed by atoms with Gasteiger partial charge in [0, 0.05) is 23.7 Å². The summed E-state index contributed by atoms with van der Waals surface area (Å²) < 4.78 is 1.91. The fourth-order valence-electron chi connectivity index (χ4n) is 3.24. The summed E-state index contributed by atoms with van der Waals surface area (Å²) in [5.74, 6) is 0.818. The molecule has 0 aliphatic carbocycles. The highest BCUT2D eigenvalue weighted by Gasteiger charge is 2.20. The third-order valence-electron chi connectivity index (χ3n) is 4.88. The van der Waals surface area contributed by atoms with E-state index in [2.05, 4.69) is 34.2 Å². The number of hydrogen-bond donors (Lipinski definition) is 1. The molecule has 0 fully saturated rings. The normalized spacial score (nSPS) is 11.1. The fraction of sp³-hybridized carbons (Fsp3) is 0.364. The summed E-state index contributed by atoms with van der Waals surface area (Å²) >= 11 is 1.47. The van der Waals surface area contributed by atoms with E-state index in [-0.39, 0.29) is 11.8 Å². The Morgan fingerprint density at radius 1 is 1.10 bits per heavy atom. The predicted octanol–water partition coefficient (Wildman–Crippen LogP) is 4.36. The van der Waals surface area contributed by atoms with Gasteiger partial charge in [0.15, 0.2) is 0 Å². The first-order valence-electron chi connectivity index (χ1n) is 9.64. The summed E-state index contributed by atoms with van der Waals surface area (Å²) in [6.45, 7) is 10.4. The molecule has 0 unspecified atom stereocenters. The van der Waals surface area contributed by atoms with Crippen LogP contribution in [-0.4, -0.2) is 31.9 Å². The molecule has 0 saturated carbocycles. The summed E-state index contributed by atoms with van der Waals surface area (Å²) in [6, 6.07) is 9.99. The van der Waals surface area contributed by atoms with Gasteiger partial charge < -0.3 is 5.32 Å². The van der Waals surface area contributed by atoms with Gasteiger partial charge in [-0.25, -0.2) is 14.6 Å². The number of amides is 1. The summed E-state index contributed by atoms with van der Waals surface area (Å²) in [5, 5.41) is 8.41. The average molecular weight is 410 g/mol. The van der Waals surface area contributed by atoms with Crippen molar-refractivity contribution >= 4 is 17.7 Å². The van der Waals surface area contributed by atoms with Gasteiger partial charge in [-0.15, -0.1) is 11.8 Å². The van der Waals surface area contributed by atoms with Crippen LogP contribution in [0.1, 0.15) is 58.6 Å². The summed E-state index contributed by atoms with van der Waals surface area (Å²) in [7, 11) is 0. The highest BCUT2D eigenvalue weighted by atomic mass is 32.2. The topological polar surface area (TPSA) is 72.7 Å². The Hall–Kier alpha value is -2.67. The van der Waals surface area contributed by atoms with Gasteiger partial charge in [-0.2, -0.15) is 5.10 Å². The van der Waals surface area contributed by atoms with Gasteiger partial charge in [0.2, 0.25) is 0 Å². The molecule has 3 aromatic rings. The van der Waals surface area contributed by atoms with E-state index < -0.39 is 0 Å². The van der Waals surface area contributed by atoms with E-state index in [0.717, 1.165) is 28.5 Å². The number of hydrogen-bond acceptors (Lipinski definition) is 5. The molecule has 1 N–H and O–H groups in total. The van der Waals surface area contributed by atoms with Crippen LogP contribution in [0.2, 0.25) is 0 Å². The Kier molecular flexibility index (Phi) is 6.37. The number of thioether (sulfide) groups is 1. The predicted molar refractivity (Wildman–Crippen MR) is 117 cm³/mol. The highest BCUT2D eigenvalue weighted by Crippen LogP contribution is 2.24. The van der Waals surface area contributed by atoms with Crippen molar-refractivity contribution in [1.29, 1.82) is 0 Å². The van der Waals surface area contributed by atoms with E-state index >= 15 is 0 Å². The zero-order valence-electron chi connectivity index (χ0n) is 17.8. The monoisotopic (exact) mass is 409 g/mol. The van der Waals surface area contributed by atoms with Crippen LogP contribution in [0.4, 0.5) is 0 Å². The number of carbonyl (C=O) groups excluding carboxylic acids is 1. The Balaban J connectivity index is 1.84. The Morgan fingerprint density at radius 2 is 1.79 bits per heavy atom. The van der Waals surface area contributed by atoms with Crippen LogP contribution in [0, 0.1) is 20.8 Å². The zero-order valence-corrected chi connectivity index (χ0v) is 18.6. The standard InChI is InChI=1S/C22H27N5OS/c1-13(2)20-24-15(4)19(22(25-20)29-6)21(28)23-12-18-14(3)26-27(16(18)5)17-10-8-7-9-11-17/h7-11,13H,12H2,1-6H3,(H,23,28). The van der Waals surface area contributed by atoms with Gasteiger partial charge in [0.1, 0.15) is 10.9 Å². The van der Waals surface area contributed by atoms with Crippen molar-refractivity contribution in [1.82, 2.24) is 25.1 Å². The van der Waals surface area contributed by atoms with E-state index in [1.54, 1.807) is 0 Å². The lowest BCUT2D eigenvalue weighted by molar-refractivity contribution is 0.0946. The summed E-state index contributed by atoms with van der Waals surface area (Å²) in [4.78, 5) is 22.1. The average Bonchev–Trinajstić information content (AvgIpc) is 2.99. The van der Waals surface area contributed by atoms with E-state index in [9.17, 15) is 4.79 Å². The van der Waals surface area contributed by atoms with Crippen LogP contribution in [-0.2, 0) is 6.54 Å². The van der Waals surface area contributed by atoms with Crippen LogP contribution < -0.4 is 5.32 Å². The number of benzene rings is 1. The van der Waals surface area contributed by atoms with E-state index in [4.69, 9.17) is 0 Å². The number of nitrogens with zero attached hydrogens (tertiary/aromatic N) is 4. The molecule has 2 aromatic heterocycles. The molecule has 0 aliphatic rings. The third-order valence-corrected chi connectivity index (χ3v) is 5.56. The number of nitrogens with one attached hydrogen (secondary N) is 1. The number of carbonyl (C=O) groups is 1. The molecule has 1 amide bonds. The molecular formula is C22H27N5OS. The van der Waals surface area contributed by atoms with Gasteiger partial charge in [-0.05, 0) is 39.2 Å². The van der Waals surface area contributed by atoms with Crippen molar-refractivity contribution in [2.45, 2.75) is 52.1 Å². The lowest BCUT2D eigenvalue weighted by Gasteiger charge is -2.13. The lowest BCUT2D eigenvalue weighted by atomic mass is 10.1. The van der Waals surface area contributed by atoms with Crippen LogP contribution in [0.25, 0.3) is 5.69 Å². The minimum absolute atomic E-state index is 0.159. The van der Waals surface area contributed by atoms with Crippen LogP contribution in [0.3, 0.4) is 0 Å². The minimum atomic E-state index is -0.159. The maximum Gasteiger partial charge on any atom is 0.256 e. The van der Waals surface area contributed by atoms with Crippen molar-refractivity contribution in [2.24, 2.45) is 0 Å². The first-order chi connectivity index (χ1) is 13.8. The molecule has 3 rings (SSSR count). The Labute approximate surface area is 176 Å². The van der Waals surface area contributed by atoms with Crippen molar-refractivity contribution in [3.05, 3.63) is 64.4 Å². The molecule has 0 aliphatic heterocycles. The first kappa shape index (κ1) is 21.0. The Morgan fingerprint density at radius 3 is 2.41 bits per heavy atom. The van der Waals surface area contributed by atoms with Gasteiger partial charge in [0.25, 0.3) is 5.91 Å².